The Hall–Kier alpha value is -1.05. The summed E-state index contributed by atoms with van der Waals surface area (Å²) in [6.07, 6.45) is 7.56. The van der Waals surface area contributed by atoms with E-state index in [0.717, 1.165) is 24.5 Å². The van der Waals surface area contributed by atoms with Gasteiger partial charge in [0.25, 0.3) is 0 Å². The van der Waals surface area contributed by atoms with Crippen LogP contribution in [0.25, 0.3) is 0 Å². The predicted molar refractivity (Wildman–Crippen MR) is 69.0 cm³/mol. The van der Waals surface area contributed by atoms with E-state index in [1.54, 1.807) is 6.08 Å². The van der Waals surface area contributed by atoms with Crippen LogP contribution in [0.15, 0.2) is 34.2 Å². The summed E-state index contributed by atoms with van der Waals surface area (Å²) in [5.41, 5.74) is 0.928. The van der Waals surface area contributed by atoms with Crippen LogP contribution in [-0.4, -0.2) is 11.3 Å². The number of rotatable bonds is 4. The van der Waals surface area contributed by atoms with Gasteiger partial charge in [0, 0.05) is 10.1 Å². The highest BCUT2D eigenvalue weighted by molar-refractivity contribution is 8.00. The Morgan fingerprint density at radius 2 is 1.94 bits per heavy atom. The summed E-state index contributed by atoms with van der Waals surface area (Å²) in [5.74, 6) is 0. The predicted octanol–water partition coefficient (Wildman–Crippen LogP) is 3.66. The normalized spacial score (nSPS) is 21.4. The molecule has 2 fully saturated rings. The van der Waals surface area contributed by atoms with Gasteiger partial charge in [-0.15, -0.1) is 11.8 Å². The Bertz CT molecular complexity index is 454. The van der Waals surface area contributed by atoms with Gasteiger partial charge in [-0.2, -0.15) is 4.99 Å². The molecule has 0 unspecified atom stereocenters. The highest BCUT2D eigenvalue weighted by Crippen LogP contribution is 2.45. The Labute approximate surface area is 106 Å². The minimum absolute atomic E-state index is 0.246. The number of hydrogen-bond donors (Lipinski definition) is 0. The smallest absolute Gasteiger partial charge is 0.211 e. The number of aliphatic imine (C=N–C) groups is 1. The zero-order chi connectivity index (χ0) is 11.7. The molecule has 1 aromatic rings. The van der Waals surface area contributed by atoms with Crippen LogP contribution in [0.2, 0.25) is 0 Å². The lowest BCUT2D eigenvalue weighted by Crippen LogP contribution is -2.31. The molecule has 3 heteroatoms. The maximum atomic E-state index is 10.5. The maximum Gasteiger partial charge on any atom is 0.235 e. The largest absolute Gasteiger partial charge is 0.235 e. The Morgan fingerprint density at radius 1 is 1.24 bits per heavy atom. The molecule has 0 radical (unpaired) electrons. The van der Waals surface area contributed by atoms with Crippen LogP contribution in [0.3, 0.4) is 0 Å². The molecule has 0 N–H and O–H groups in total. The molecule has 0 aromatic heterocycles. The molecule has 0 heterocycles. The van der Waals surface area contributed by atoms with Crippen molar-refractivity contribution in [3.05, 3.63) is 29.8 Å². The van der Waals surface area contributed by atoms with Crippen molar-refractivity contribution >= 4 is 17.8 Å². The lowest BCUT2D eigenvalue weighted by Gasteiger charge is -2.37. The molecule has 3 rings (SSSR count). The van der Waals surface area contributed by atoms with E-state index in [0.29, 0.717) is 0 Å². The van der Waals surface area contributed by atoms with Crippen molar-refractivity contribution in [3.8, 4) is 0 Å². The summed E-state index contributed by atoms with van der Waals surface area (Å²) < 4.78 is 0. The van der Waals surface area contributed by atoms with Gasteiger partial charge in [0.2, 0.25) is 6.08 Å². The van der Waals surface area contributed by atoms with E-state index < -0.39 is 0 Å². The van der Waals surface area contributed by atoms with Gasteiger partial charge in [-0.05, 0) is 49.8 Å². The van der Waals surface area contributed by atoms with E-state index in [-0.39, 0.29) is 5.54 Å². The molecule has 17 heavy (non-hydrogen) atoms. The molecule has 0 amide bonds. The van der Waals surface area contributed by atoms with Gasteiger partial charge >= 0.3 is 0 Å². The van der Waals surface area contributed by atoms with Crippen molar-refractivity contribution < 1.29 is 4.79 Å². The molecular weight excluding hydrogens is 230 g/mol. The van der Waals surface area contributed by atoms with Crippen molar-refractivity contribution in [3.63, 3.8) is 0 Å². The molecular formula is C14H15NOS. The highest BCUT2D eigenvalue weighted by atomic mass is 32.2. The maximum absolute atomic E-state index is 10.5. The molecule has 0 bridgehead atoms. The van der Waals surface area contributed by atoms with Crippen LogP contribution >= 0.6 is 11.8 Å². The van der Waals surface area contributed by atoms with Gasteiger partial charge in [0.1, 0.15) is 0 Å². The monoisotopic (exact) mass is 245 g/mol. The fourth-order valence-corrected chi connectivity index (χ4v) is 3.34. The van der Waals surface area contributed by atoms with Crippen LogP contribution < -0.4 is 0 Å². The van der Waals surface area contributed by atoms with E-state index in [4.69, 9.17) is 0 Å². The first-order chi connectivity index (χ1) is 8.32. The second kappa shape index (κ2) is 4.32. The van der Waals surface area contributed by atoms with Crippen molar-refractivity contribution in [2.75, 3.05) is 0 Å². The average molecular weight is 245 g/mol. The van der Waals surface area contributed by atoms with Crippen molar-refractivity contribution in [1.82, 2.24) is 0 Å². The minimum atomic E-state index is -0.246. The molecule has 2 aliphatic carbocycles. The molecule has 2 aliphatic rings. The van der Waals surface area contributed by atoms with E-state index in [1.165, 1.54) is 23.3 Å². The fourth-order valence-electron chi connectivity index (χ4n) is 2.29. The average Bonchev–Trinajstić information content (AvgIpc) is 3.09. The van der Waals surface area contributed by atoms with Crippen LogP contribution in [0.1, 0.15) is 37.7 Å². The molecule has 2 nitrogen and oxygen atoms in total. The number of carbonyl (C=O) groups excluding carboxylic acids is 1. The van der Waals surface area contributed by atoms with Crippen molar-refractivity contribution in [2.45, 2.75) is 47.8 Å². The molecule has 0 aliphatic heterocycles. The van der Waals surface area contributed by atoms with Crippen LogP contribution in [0, 0.1) is 0 Å². The first-order valence-electron chi connectivity index (χ1n) is 6.19. The molecule has 88 valence electrons. The Morgan fingerprint density at radius 3 is 2.41 bits per heavy atom. The molecule has 0 spiro atoms. The zero-order valence-corrected chi connectivity index (χ0v) is 10.5. The summed E-state index contributed by atoms with van der Waals surface area (Å²) in [7, 11) is 0. The van der Waals surface area contributed by atoms with Gasteiger partial charge in [0.05, 0.1) is 5.54 Å². The summed E-state index contributed by atoms with van der Waals surface area (Å²) in [6.45, 7) is 0. The van der Waals surface area contributed by atoms with Gasteiger partial charge in [0.15, 0.2) is 0 Å². The second-order valence-electron chi connectivity index (χ2n) is 4.93. The van der Waals surface area contributed by atoms with Gasteiger partial charge < -0.3 is 0 Å². The second-order valence-corrected chi connectivity index (χ2v) is 6.30. The number of benzene rings is 1. The number of isocyanates is 1. The Balaban J connectivity index is 1.80. The van der Waals surface area contributed by atoms with E-state index in [1.807, 2.05) is 11.8 Å². The number of hydrogen-bond acceptors (Lipinski definition) is 3. The third kappa shape index (κ3) is 2.18. The third-order valence-corrected chi connectivity index (χ3v) is 5.01. The zero-order valence-electron chi connectivity index (χ0n) is 9.69. The van der Waals surface area contributed by atoms with Gasteiger partial charge in [-0.1, -0.05) is 12.1 Å². The SMILES string of the molecule is O=C=NC1(c2ccc(SC3CC3)cc2)CCC1. The fraction of sp³-hybridized carbons (Fsp3) is 0.500. The first-order valence-corrected chi connectivity index (χ1v) is 7.07. The van der Waals surface area contributed by atoms with E-state index >= 15 is 0 Å². The summed E-state index contributed by atoms with van der Waals surface area (Å²) in [5, 5.41) is 0.839. The summed E-state index contributed by atoms with van der Waals surface area (Å²) >= 11 is 1.96. The topological polar surface area (TPSA) is 29.4 Å². The van der Waals surface area contributed by atoms with Gasteiger partial charge in [-0.25, -0.2) is 4.79 Å². The molecule has 0 atom stereocenters. The lowest BCUT2D eigenvalue weighted by atomic mass is 9.72. The quantitative estimate of drug-likeness (QED) is 0.598. The molecule has 0 saturated heterocycles. The first kappa shape index (κ1) is 11.1. The van der Waals surface area contributed by atoms with E-state index in [2.05, 4.69) is 29.3 Å². The van der Waals surface area contributed by atoms with Crippen molar-refractivity contribution in [1.29, 1.82) is 0 Å². The van der Waals surface area contributed by atoms with Crippen LogP contribution in [0.5, 0.6) is 0 Å². The van der Waals surface area contributed by atoms with Crippen LogP contribution in [-0.2, 0) is 10.3 Å². The lowest BCUT2D eigenvalue weighted by molar-refractivity contribution is 0.256. The minimum Gasteiger partial charge on any atom is -0.211 e. The number of thioether (sulfide) groups is 1. The van der Waals surface area contributed by atoms with Gasteiger partial charge in [-0.3, -0.25) is 0 Å². The summed E-state index contributed by atoms with van der Waals surface area (Å²) in [6, 6.07) is 8.59. The standard InChI is InChI=1S/C14H15NOS/c16-10-15-14(8-1-9-14)11-2-4-12(5-3-11)17-13-6-7-13/h2-5,13H,1,6-9H2. The van der Waals surface area contributed by atoms with Crippen molar-refractivity contribution in [2.24, 2.45) is 4.99 Å². The molecule has 2 saturated carbocycles. The summed E-state index contributed by atoms with van der Waals surface area (Å²) in [4.78, 5) is 15.9. The number of nitrogens with zero attached hydrogens (tertiary/aromatic N) is 1. The van der Waals surface area contributed by atoms with E-state index in [9.17, 15) is 4.79 Å². The molecule has 1 aromatic carbocycles. The van der Waals surface area contributed by atoms with Crippen LogP contribution in [0.4, 0.5) is 0 Å². The third-order valence-electron chi connectivity index (χ3n) is 3.66. The Kier molecular flexibility index (Phi) is 2.81. The highest BCUT2D eigenvalue weighted by Gasteiger charge is 2.38.